The predicted molar refractivity (Wildman–Crippen MR) is 41.4 cm³/mol. The molecule has 1 aromatic carbocycles. The SMILES string of the molecule is O=[N+]([O-])c1cccc(O)c1[N+](=O)[O-].[Cd]. The number of phenols is 1. The molecule has 14 heavy (non-hydrogen) atoms. The third kappa shape index (κ3) is 2.37. The van der Waals surface area contributed by atoms with Crippen molar-refractivity contribution in [1.29, 1.82) is 0 Å². The Kier molecular flexibility index (Phi) is 4.40. The zero-order chi connectivity index (χ0) is 10.0. The summed E-state index contributed by atoms with van der Waals surface area (Å²) in [5.41, 5.74) is -1.60. The monoisotopic (exact) mass is 298 g/mol. The number of benzene rings is 1. The van der Waals surface area contributed by atoms with Crippen LogP contribution in [-0.4, -0.2) is 15.0 Å². The van der Waals surface area contributed by atoms with E-state index in [1.54, 1.807) is 0 Å². The molecule has 0 aromatic heterocycles. The largest absolute Gasteiger partial charge is 0.502 e. The molecule has 0 aliphatic heterocycles. The maximum Gasteiger partial charge on any atom is 0.387 e. The van der Waals surface area contributed by atoms with Crippen LogP contribution in [0.4, 0.5) is 11.4 Å². The van der Waals surface area contributed by atoms with E-state index in [9.17, 15) is 20.2 Å². The van der Waals surface area contributed by atoms with Gasteiger partial charge >= 0.3 is 11.4 Å². The Morgan fingerprint density at radius 3 is 2.07 bits per heavy atom. The summed E-state index contributed by atoms with van der Waals surface area (Å²) in [6, 6.07) is 3.14. The summed E-state index contributed by atoms with van der Waals surface area (Å²) in [4.78, 5) is 18.6. The average Bonchev–Trinajstić information content (AvgIpc) is 2.02. The van der Waals surface area contributed by atoms with Crippen LogP contribution in [0.2, 0.25) is 0 Å². The molecular weight excluding hydrogens is 292 g/mol. The minimum atomic E-state index is -0.993. The van der Waals surface area contributed by atoms with E-state index in [0.29, 0.717) is 0 Å². The molecule has 1 N–H and O–H groups in total. The summed E-state index contributed by atoms with van der Waals surface area (Å²) in [7, 11) is 0. The van der Waals surface area contributed by atoms with Crippen LogP contribution in [0.25, 0.3) is 0 Å². The van der Waals surface area contributed by atoms with Gasteiger partial charge in [0.25, 0.3) is 0 Å². The number of hydrogen-bond acceptors (Lipinski definition) is 5. The molecule has 0 heterocycles. The van der Waals surface area contributed by atoms with Gasteiger partial charge in [0.05, 0.1) is 9.85 Å². The number of aromatic hydroxyl groups is 1. The first kappa shape index (κ1) is 12.7. The van der Waals surface area contributed by atoms with E-state index in [4.69, 9.17) is 5.11 Å². The Bertz CT molecular complexity index is 380. The van der Waals surface area contributed by atoms with Gasteiger partial charge in [0, 0.05) is 33.4 Å². The number of nitro benzene ring substituents is 2. The molecular formula is C6H4CdN2O5. The van der Waals surface area contributed by atoms with Gasteiger partial charge in [0.15, 0.2) is 0 Å². The minimum absolute atomic E-state index is 0. The van der Waals surface area contributed by atoms with Crippen molar-refractivity contribution in [3.63, 3.8) is 0 Å². The fourth-order valence-corrected chi connectivity index (χ4v) is 0.854. The molecule has 0 atom stereocenters. The molecule has 0 bridgehead atoms. The number of para-hydroxylation sites is 1. The summed E-state index contributed by atoms with van der Waals surface area (Å²) in [6.45, 7) is 0. The Labute approximate surface area is 97.8 Å². The van der Waals surface area contributed by atoms with Crippen LogP contribution in [0.15, 0.2) is 18.2 Å². The van der Waals surface area contributed by atoms with Crippen LogP contribution in [0, 0.1) is 20.2 Å². The average molecular weight is 297 g/mol. The van der Waals surface area contributed by atoms with Crippen molar-refractivity contribution in [2.45, 2.75) is 0 Å². The molecule has 7 nitrogen and oxygen atoms in total. The van der Waals surface area contributed by atoms with Crippen LogP contribution in [-0.2, 0) is 27.3 Å². The molecule has 0 aliphatic rings. The molecule has 8 heteroatoms. The summed E-state index contributed by atoms with van der Waals surface area (Å²) >= 11 is 0. The Balaban J connectivity index is 0.00000169. The topological polar surface area (TPSA) is 107 Å². The maximum atomic E-state index is 10.3. The summed E-state index contributed by atoms with van der Waals surface area (Å²) in [5, 5.41) is 29.5. The van der Waals surface area contributed by atoms with Crippen LogP contribution >= 0.6 is 0 Å². The Morgan fingerprint density at radius 1 is 1.14 bits per heavy atom. The number of nitrogens with zero attached hydrogens (tertiary/aromatic N) is 2. The standard InChI is InChI=1S/C6H4N2O5.Cd/c9-5-3-1-2-4(7(10)11)6(5)8(12)13;/h1-3,9H;. The van der Waals surface area contributed by atoms with Gasteiger partial charge < -0.3 is 5.11 Å². The molecule has 0 amide bonds. The first-order valence-corrected chi connectivity index (χ1v) is 3.15. The van der Waals surface area contributed by atoms with Crippen LogP contribution in [0.3, 0.4) is 0 Å². The molecule has 0 saturated heterocycles. The first-order valence-electron chi connectivity index (χ1n) is 3.15. The number of phenolic OH excluding ortho intramolecular Hbond substituents is 1. The van der Waals surface area contributed by atoms with Gasteiger partial charge in [0.2, 0.25) is 5.75 Å². The quantitative estimate of drug-likeness (QED) is 0.501. The van der Waals surface area contributed by atoms with Gasteiger partial charge in [-0.15, -0.1) is 0 Å². The van der Waals surface area contributed by atoms with E-state index in [0.717, 1.165) is 12.1 Å². The smallest absolute Gasteiger partial charge is 0.387 e. The van der Waals surface area contributed by atoms with Gasteiger partial charge in [-0.2, -0.15) is 0 Å². The van der Waals surface area contributed by atoms with Gasteiger partial charge in [-0.3, -0.25) is 20.2 Å². The molecule has 0 fully saturated rings. The second-order valence-corrected chi connectivity index (χ2v) is 2.16. The summed E-state index contributed by atoms with van der Waals surface area (Å²) < 4.78 is 0. The number of hydrogen-bond donors (Lipinski definition) is 1. The van der Waals surface area contributed by atoms with Crippen LogP contribution in [0.1, 0.15) is 0 Å². The zero-order valence-electron chi connectivity index (χ0n) is 6.91. The van der Waals surface area contributed by atoms with E-state index >= 15 is 0 Å². The second kappa shape index (κ2) is 4.83. The van der Waals surface area contributed by atoms with Gasteiger partial charge in [-0.1, -0.05) is 6.07 Å². The zero-order valence-corrected chi connectivity index (χ0v) is 11.0. The fourth-order valence-electron chi connectivity index (χ4n) is 0.854. The molecule has 1 rings (SSSR count). The van der Waals surface area contributed by atoms with Crippen LogP contribution in [0.5, 0.6) is 5.75 Å². The fraction of sp³-hybridized carbons (Fsp3) is 0. The van der Waals surface area contributed by atoms with E-state index in [-0.39, 0.29) is 27.3 Å². The maximum absolute atomic E-state index is 10.3. The molecule has 0 aliphatic carbocycles. The molecule has 0 radical (unpaired) electrons. The van der Waals surface area contributed by atoms with Crippen molar-refractivity contribution in [3.8, 4) is 5.75 Å². The predicted octanol–water partition coefficient (Wildman–Crippen LogP) is 1.21. The van der Waals surface area contributed by atoms with Crippen molar-refractivity contribution < 1.29 is 42.3 Å². The van der Waals surface area contributed by atoms with E-state index in [1.807, 2.05) is 0 Å². The van der Waals surface area contributed by atoms with Crippen molar-refractivity contribution in [1.82, 2.24) is 0 Å². The first-order chi connectivity index (χ1) is 6.04. The van der Waals surface area contributed by atoms with E-state index in [1.165, 1.54) is 6.07 Å². The Hall–Kier alpha value is -1.26. The van der Waals surface area contributed by atoms with Crippen molar-refractivity contribution in [3.05, 3.63) is 38.4 Å². The van der Waals surface area contributed by atoms with Crippen molar-refractivity contribution in [2.75, 3.05) is 0 Å². The number of nitro groups is 2. The number of rotatable bonds is 2. The summed E-state index contributed by atoms with van der Waals surface area (Å²) in [6.07, 6.45) is 0. The Morgan fingerprint density at radius 2 is 1.71 bits per heavy atom. The van der Waals surface area contributed by atoms with E-state index < -0.39 is 27.0 Å². The molecule has 70 valence electrons. The van der Waals surface area contributed by atoms with Crippen molar-refractivity contribution >= 4 is 11.4 Å². The molecule has 0 saturated carbocycles. The minimum Gasteiger partial charge on any atom is -0.502 e. The molecule has 0 spiro atoms. The molecule has 1 aromatic rings. The third-order valence-electron chi connectivity index (χ3n) is 1.37. The van der Waals surface area contributed by atoms with Crippen LogP contribution < -0.4 is 0 Å². The van der Waals surface area contributed by atoms with Gasteiger partial charge in [-0.05, 0) is 6.07 Å². The van der Waals surface area contributed by atoms with Crippen molar-refractivity contribution in [2.24, 2.45) is 0 Å². The summed E-state index contributed by atoms with van der Waals surface area (Å²) in [5.74, 6) is -0.709. The van der Waals surface area contributed by atoms with Gasteiger partial charge in [0.1, 0.15) is 0 Å². The second-order valence-electron chi connectivity index (χ2n) is 2.16. The third-order valence-corrected chi connectivity index (χ3v) is 1.37. The molecule has 0 unspecified atom stereocenters. The normalized spacial score (nSPS) is 8.86. The van der Waals surface area contributed by atoms with Gasteiger partial charge in [-0.25, -0.2) is 0 Å². The van der Waals surface area contributed by atoms with E-state index in [2.05, 4.69) is 0 Å².